The number of hydrogen-bond donors (Lipinski definition) is 2. The van der Waals surface area contributed by atoms with Crippen molar-refractivity contribution in [3.8, 4) is 0 Å². The van der Waals surface area contributed by atoms with Crippen LogP contribution in [0.15, 0.2) is 42.6 Å². The molecule has 144 valence electrons. The Morgan fingerprint density at radius 3 is 2.33 bits per heavy atom. The van der Waals surface area contributed by atoms with Gasteiger partial charge in [0.05, 0.1) is 23.1 Å². The van der Waals surface area contributed by atoms with Crippen molar-refractivity contribution < 1.29 is 18.0 Å². The van der Waals surface area contributed by atoms with Gasteiger partial charge < -0.3 is 10.6 Å². The molecular weight excluding hydrogens is 355 g/mol. The van der Waals surface area contributed by atoms with E-state index in [2.05, 4.69) is 15.6 Å². The van der Waals surface area contributed by atoms with E-state index in [4.69, 9.17) is 0 Å². The summed E-state index contributed by atoms with van der Waals surface area (Å²) in [5, 5.41) is 5.72. The zero-order chi connectivity index (χ0) is 19.3. The van der Waals surface area contributed by atoms with E-state index in [1.54, 1.807) is 12.3 Å². The second-order valence-electron chi connectivity index (χ2n) is 6.76. The van der Waals surface area contributed by atoms with Crippen molar-refractivity contribution in [2.45, 2.75) is 50.7 Å². The van der Waals surface area contributed by atoms with E-state index in [1.165, 1.54) is 49.9 Å². The van der Waals surface area contributed by atoms with Crippen LogP contribution >= 0.6 is 0 Å². The van der Waals surface area contributed by atoms with Gasteiger partial charge in [-0.15, -0.1) is 0 Å². The maximum absolute atomic E-state index is 13.0. The van der Waals surface area contributed by atoms with Crippen LogP contribution in [0.1, 0.15) is 54.6 Å². The number of nitrogens with zero attached hydrogens (tertiary/aromatic N) is 1. The average Bonchev–Trinajstić information content (AvgIpc) is 2.90. The molecule has 1 fully saturated rings. The van der Waals surface area contributed by atoms with Crippen molar-refractivity contribution in [2.75, 3.05) is 10.6 Å². The molecule has 27 heavy (non-hydrogen) atoms. The predicted octanol–water partition coefficient (Wildman–Crippen LogP) is 5.49. The largest absolute Gasteiger partial charge is 0.418 e. The monoisotopic (exact) mass is 377 g/mol. The summed E-state index contributed by atoms with van der Waals surface area (Å²) in [7, 11) is 0. The minimum atomic E-state index is -4.54. The molecule has 1 aliphatic carbocycles. The number of para-hydroxylation sites is 1. The number of alkyl halides is 3. The van der Waals surface area contributed by atoms with E-state index in [1.807, 2.05) is 0 Å². The zero-order valence-electron chi connectivity index (χ0n) is 14.9. The van der Waals surface area contributed by atoms with Gasteiger partial charge in [0.15, 0.2) is 0 Å². The topological polar surface area (TPSA) is 54.0 Å². The molecule has 4 nitrogen and oxygen atoms in total. The number of hydrogen-bond acceptors (Lipinski definition) is 3. The van der Waals surface area contributed by atoms with Gasteiger partial charge in [-0.3, -0.25) is 4.79 Å². The van der Waals surface area contributed by atoms with E-state index in [0.717, 1.165) is 24.6 Å². The molecule has 2 aromatic rings. The van der Waals surface area contributed by atoms with Crippen molar-refractivity contribution in [3.63, 3.8) is 0 Å². The van der Waals surface area contributed by atoms with Crippen LogP contribution in [0.4, 0.5) is 24.5 Å². The number of nitrogens with one attached hydrogen (secondary N) is 2. The first-order valence-electron chi connectivity index (χ1n) is 9.13. The maximum Gasteiger partial charge on any atom is 0.418 e. The number of pyridine rings is 1. The number of anilines is 2. The van der Waals surface area contributed by atoms with Crippen molar-refractivity contribution in [3.05, 3.63) is 53.9 Å². The summed E-state index contributed by atoms with van der Waals surface area (Å²) < 4.78 is 39.1. The Labute approximate surface area is 156 Å². The number of benzene rings is 1. The molecule has 0 spiro atoms. The lowest BCUT2D eigenvalue weighted by molar-refractivity contribution is -0.136. The van der Waals surface area contributed by atoms with E-state index >= 15 is 0 Å². The van der Waals surface area contributed by atoms with Gasteiger partial charge in [-0.2, -0.15) is 13.2 Å². The third-order valence-electron chi connectivity index (χ3n) is 4.70. The normalized spacial score (nSPS) is 15.8. The summed E-state index contributed by atoms with van der Waals surface area (Å²) in [5.74, 6) is -0.673. The Kier molecular flexibility index (Phi) is 5.98. The van der Waals surface area contributed by atoms with Gasteiger partial charge in [0.1, 0.15) is 5.69 Å². The first-order chi connectivity index (χ1) is 12.9. The van der Waals surface area contributed by atoms with Crippen molar-refractivity contribution in [2.24, 2.45) is 0 Å². The van der Waals surface area contributed by atoms with Crippen LogP contribution in [0.3, 0.4) is 0 Å². The third kappa shape index (κ3) is 5.21. The van der Waals surface area contributed by atoms with E-state index < -0.39 is 17.6 Å². The molecule has 0 atom stereocenters. The molecule has 1 heterocycles. The van der Waals surface area contributed by atoms with Gasteiger partial charge in [0.2, 0.25) is 0 Å². The maximum atomic E-state index is 13.0. The Hall–Kier alpha value is -2.57. The minimum absolute atomic E-state index is 0.0680. The molecule has 1 aliphatic rings. The summed E-state index contributed by atoms with van der Waals surface area (Å²) in [5.41, 5.74) is -0.282. The number of amides is 1. The van der Waals surface area contributed by atoms with Gasteiger partial charge in [0.25, 0.3) is 5.91 Å². The van der Waals surface area contributed by atoms with E-state index in [0.29, 0.717) is 6.04 Å². The van der Waals surface area contributed by atoms with Gasteiger partial charge in [-0.05, 0) is 37.1 Å². The molecule has 7 heteroatoms. The molecule has 1 aromatic heterocycles. The van der Waals surface area contributed by atoms with Crippen molar-refractivity contribution >= 4 is 17.3 Å². The lowest BCUT2D eigenvalue weighted by Gasteiger charge is -2.17. The Morgan fingerprint density at radius 2 is 1.70 bits per heavy atom. The standard InChI is InChI=1S/C20H22F3N3O/c21-20(22,23)16-9-5-6-10-17(16)26-19(27)18-12-11-15(13-24-18)25-14-7-3-1-2-4-8-14/h5-6,9-14,25H,1-4,7-8H2,(H,26,27). The number of carbonyl (C=O) groups excluding carboxylic acids is 1. The van der Waals surface area contributed by atoms with Gasteiger partial charge in [-0.1, -0.05) is 37.8 Å². The molecule has 0 saturated heterocycles. The van der Waals surface area contributed by atoms with E-state index in [9.17, 15) is 18.0 Å². The van der Waals surface area contributed by atoms with Gasteiger partial charge in [-0.25, -0.2) is 4.98 Å². The second kappa shape index (κ2) is 8.41. The van der Waals surface area contributed by atoms with Crippen LogP contribution in [-0.4, -0.2) is 16.9 Å². The van der Waals surface area contributed by atoms with Gasteiger partial charge in [0, 0.05) is 6.04 Å². The Bertz CT molecular complexity index is 767. The molecule has 3 rings (SSSR count). The molecular formula is C20H22F3N3O. The summed E-state index contributed by atoms with van der Waals surface area (Å²) in [6.07, 6.45) is 4.14. The molecule has 0 radical (unpaired) electrons. The fraction of sp³-hybridized carbons (Fsp3) is 0.400. The number of rotatable bonds is 4. The van der Waals surface area contributed by atoms with Crippen molar-refractivity contribution in [1.29, 1.82) is 0 Å². The minimum Gasteiger partial charge on any atom is -0.381 e. The first-order valence-corrected chi connectivity index (χ1v) is 9.13. The first kappa shape index (κ1) is 19.2. The molecule has 1 amide bonds. The van der Waals surface area contributed by atoms with Crippen LogP contribution in [0.5, 0.6) is 0 Å². The second-order valence-corrected chi connectivity index (χ2v) is 6.76. The predicted molar refractivity (Wildman–Crippen MR) is 98.7 cm³/mol. The summed E-state index contributed by atoms with van der Waals surface area (Å²) in [6, 6.07) is 8.54. The number of carbonyl (C=O) groups is 1. The molecule has 0 bridgehead atoms. The summed E-state index contributed by atoms with van der Waals surface area (Å²) in [4.78, 5) is 16.4. The van der Waals surface area contributed by atoms with E-state index in [-0.39, 0.29) is 11.4 Å². The molecule has 1 aromatic carbocycles. The average molecular weight is 377 g/mol. The highest BCUT2D eigenvalue weighted by Crippen LogP contribution is 2.34. The van der Waals surface area contributed by atoms with Crippen LogP contribution in [0.2, 0.25) is 0 Å². The third-order valence-corrected chi connectivity index (χ3v) is 4.70. The number of halogens is 3. The number of aromatic nitrogens is 1. The highest BCUT2D eigenvalue weighted by Gasteiger charge is 2.33. The van der Waals surface area contributed by atoms with Crippen LogP contribution < -0.4 is 10.6 Å². The molecule has 0 unspecified atom stereocenters. The van der Waals surface area contributed by atoms with Crippen LogP contribution in [-0.2, 0) is 6.18 Å². The molecule has 2 N–H and O–H groups in total. The fourth-order valence-corrected chi connectivity index (χ4v) is 3.30. The SMILES string of the molecule is O=C(Nc1ccccc1C(F)(F)F)c1ccc(NC2CCCCCC2)cn1. The lowest BCUT2D eigenvalue weighted by Crippen LogP contribution is -2.19. The molecule has 0 aliphatic heterocycles. The smallest absolute Gasteiger partial charge is 0.381 e. The Morgan fingerprint density at radius 1 is 1.00 bits per heavy atom. The lowest BCUT2D eigenvalue weighted by atomic mass is 10.1. The Balaban J connectivity index is 1.66. The van der Waals surface area contributed by atoms with Crippen molar-refractivity contribution in [1.82, 2.24) is 4.98 Å². The fourth-order valence-electron chi connectivity index (χ4n) is 3.30. The highest BCUT2D eigenvalue weighted by molar-refractivity contribution is 6.03. The quantitative estimate of drug-likeness (QED) is 0.693. The van der Waals surface area contributed by atoms with Gasteiger partial charge >= 0.3 is 6.18 Å². The van der Waals surface area contributed by atoms with Crippen LogP contribution in [0.25, 0.3) is 0 Å². The summed E-state index contributed by atoms with van der Waals surface area (Å²) >= 11 is 0. The van der Waals surface area contributed by atoms with Crippen LogP contribution in [0, 0.1) is 0 Å². The molecule has 1 saturated carbocycles. The highest BCUT2D eigenvalue weighted by atomic mass is 19.4. The zero-order valence-corrected chi connectivity index (χ0v) is 14.9. The summed E-state index contributed by atoms with van der Waals surface area (Å²) in [6.45, 7) is 0.